The van der Waals surface area contributed by atoms with Gasteiger partial charge in [0.15, 0.2) is 0 Å². The van der Waals surface area contributed by atoms with Crippen molar-refractivity contribution in [3.05, 3.63) is 118 Å². The molecule has 0 amide bonds. The van der Waals surface area contributed by atoms with E-state index in [2.05, 4.69) is 130 Å². The normalized spacial score (nSPS) is 9.58. The van der Waals surface area contributed by atoms with E-state index in [4.69, 9.17) is 0 Å². The van der Waals surface area contributed by atoms with Crippen LogP contribution in [-0.2, 0) is 12.8 Å². The molecule has 5 rings (SSSR count). The average molecular weight is 499 g/mol. The third-order valence-corrected chi connectivity index (χ3v) is 6.66. The van der Waals surface area contributed by atoms with Gasteiger partial charge in [0.25, 0.3) is 0 Å². The summed E-state index contributed by atoms with van der Waals surface area (Å²) in [6.07, 6.45) is 2.29. The van der Waals surface area contributed by atoms with Crippen LogP contribution in [0.25, 0.3) is 21.5 Å². The lowest BCUT2D eigenvalue weighted by Gasteiger charge is -2.08. The summed E-state index contributed by atoms with van der Waals surface area (Å²) in [6, 6.07) is 34.3. The average Bonchev–Trinajstić information content (AvgIpc) is 3.49. The molecular formula is C35H46S. The molecule has 0 spiro atoms. The summed E-state index contributed by atoms with van der Waals surface area (Å²) in [4.78, 5) is 1.47. The van der Waals surface area contributed by atoms with Crippen molar-refractivity contribution in [1.82, 2.24) is 0 Å². The summed E-state index contributed by atoms with van der Waals surface area (Å²) in [5.41, 5.74) is 2.88. The third kappa shape index (κ3) is 9.63. The molecule has 0 fully saturated rings. The molecule has 0 atom stereocenters. The number of hydrogen-bond acceptors (Lipinski definition) is 1. The van der Waals surface area contributed by atoms with Crippen molar-refractivity contribution in [3.8, 4) is 0 Å². The van der Waals surface area contributed by atoms with E-state index in [1.54, 1.807) is 0 Å². The van der Waals surface area contributed by atoms with Crippen LogP contribution < -0.4 is 0 Å². The molecule has 0 saturated carbocycles. The van der Waals surface area contributed by atoms with Crippen LogP contribution in [0.5, 0.6) is 0 Å². The van der Waals surface area contributed by atoms with Gasteiger partial charge in [-0.05, 0) is 62.9 Å². The van der Waals surface area contributed by atoms with E-state index in [1.807, 2.05) is 39.0 Å². The number of thiophene rings is 1. The predicted octanol–water partition coefficient (Wildman–Crippen LogP) is 11.7. The van der Waals surface area contributed by atoms with Crippen LogP contribution in [0.15, 0.2) is 102 Å². The van der Waals surface area contributed by atoms with Crippen molar-refractivity contribution >= 4 is 32.9 Å². The molecule has 0 aliphatic rings. The molecule has 1 heterocycles. The Labute approximate surface area is 225 Å². The molecule has 5 aromatic rings. The second kappa shape index (κ2) is 18.4. The fraction of sp³-hybridized carbons (Fsp3) is 0.314. The first-order valence-corrected chi connectivity index (χ1v) is 14.5. The van der Waals surface area contributed by atoms with Gasteiger partial charge in [-0.15, -0.1) is 11.3 Å². The Morgan fingerprint density at radius 2 is 1.08 bits per heavy atom. The molecule has 192 valence electrons. The maximum absolute atomic E-state index is 2.24. The molecule has 0 unspecified atom stereocenters. The molecule has 0 nitrogen and oxygen atoms in total. The largest absolute Gasteiger partial charge is 0.149 e. The van der Waals surface area contributed by atoms with Gasteiger partial charge in [-0.2, -0.15) is 0 Å². The zero-order valence-corrected chi connectivity index (χ0v) is 24.5. The van der Waals surface area contributed by atoms with E-state index in [-0.39, 0.29) is 0 Å². The van der Waals surface area contributed by atoms with Gasteiger partial charge in [0.2, 0.25) is 0 Å². The number of benzene rings is 4. The zero-order chi connectivity index (χ0) is 26.8. The lowest BCUT2D eigenvalue weighted by Crippen LogP contribution is -1.88. The number of fused-ring (bicyclic) bond motifs is 2. The molecular weight excluding hydrogens is 452 g/mol. The first kappa shape index (κ1) is 31.1. The molecule has 0 aliphatic heterocycles. The summed E-state index contributed by atoms with van der Waals surface area (Å²) in [5, 5.41) is 7.58. The number of aryl methyl sites for hydroxylation is 2. The SMILES string of the molecule is CC.CC.CC(C)c1cccc2ccccc12.CCc1cccc2ccccc12.CCc1cccs1. The Hall–Kier alpha value is -2.90. The highest BCUT2D eigenvalue weighted by atomic mass is 32.1. The quantitative estimate of drug-likeness (QED) is 0.232. The Morgan fingerprint density at radius 3 is 1.58 bits per heavy atom. The molecule has 0 radical (unpaired) electrons. The lowest BCUT2D eigenvalue weighted by atomic mass is 9.96. The number of hydrogen-bond donors (Lipinski definition) is 0. The summed E-state index contributed by atoms with van der Waals surface area (Å²) in [7, 11) is 0. The van der Waals surface area contributed by atoms with Gasteiger partial charge < -0.3 is 0 Å². The van der Waals surface area contributed by atoms with Gasteiger partial charge in [-0.25, -0.2) is 0 Å². The van der Waals surface area contributed by atoms with E-state index in [9.17, 15) is 0 Å². The maximum Gasteiger partial charge on any atom is 0.00424 e. The molecule has 36 heavy (non-hydrogen) atoms. The summed E-state index contributed by atoms with van der Waals surface area (Å²) in [5.74, 6) is 0.603. The van der Waals surface area contributed by atoms with Crippen LogP contribution in [0.4, 0.5) is 0 Å². The van der Waals surface area contributed by atoms with Crippen molar-refractivity contribution in [2.24, 2.45) is 0 Å². The summed E-state index contributed by atoms with van der Waals surface area (Å²) in [6.45, 7) is 16.8. The van der Waals surface area contributed by atoms with Crippen LogP contribution in [0.1, 0.15) is 77.3 Å². The van der Waals surface area contributed by atoms with Crippen LogP contribution in [-0.4, -0.2) is 0 Å². The van der Waals surface area contributed by atoms with Crippen molar-refractivity contribution in [2.75, 3.05) is 0 Å². The molecule has 0 bridgehead atoms. The maximum atomic E-state index is 2.24. The first-order valence-electron chi connectivity index (χ1n) is 13.6. The second-order valence-electron chi connectivity index (χ2n) is 8.15. The van der Waals surface area contributed by atoms with Gasteiger partial charge in [-0.1, -0.05) is 146 Å². The first-order chi connectivity index (χ1) is 17.6. The van der Waals surface area contributed by atoms with Crippen molar-refractivity contribution in [1.29, 1.82) is 0 Å². The van der Waals surface area contributed by atoms with Crippen LogP contribution in [0, 0.1) is 0 Å². The van der Waals surface area contributed by atoms with Gasteiger partial charge in [-0.3, -0.25) is 0 Å². The van der Waals surface area contributed by atoms with Crippen molar-refractivity contribution in [3.63, 3.8) is 0 Å². The van der Waals surface area contributed by atoms with E-state index in [1.165, 1.54) is 44.0 Å². The molecule has 0 N–H and O–H groups in total. The highest BCUT2D eigenvalue weighted by molar-refractivity contribution is 7.09. The Bertz CT molecular complexity index is 1210. The smallest absolute Gasteiger partial charge is 0.00424 e. The van der Waals surface area contributed by atoms with Crippen molar-refractivity contribution in [2.45, 2.75) is 74.1 Å². The monoisotopic (exact) mass is 498 g/mol. The van der Waals surface area contributed by atoms with E-state index in [0.717, 1.165) is 6.42 Å². The van der Waals surface area contributed by atoms with Crippen molar-refractivity contribution < 1.29 is 0 Å². The Morgan fingerprint density at radius 1 is 0.556 bits per heavy atom. The van der Waals surface area contributed by atoms with Crippen LogP contribution >= 0.6 is 11.3 Å². The highest BCUT2D eigenvalue weighted by Crippen LogP contribution is 2.24. The minimum Gasteiger partial charge on any atom is -0.149 e. The van der Waals surface area contributed by atoms with Gasteiger partial charge in [0.05, 0.1) is 0 Å². The third-order valence-electron chi connectivity index (χ3n) is 5.63. The van der Waals surface area contributed by atoms with Gasteiger partial charge in [0, 0.05) is 4.88 Å². The fourth-order valence-corrected chi connectivity index (χ4v) is 4.52. The topological polar surface area (TPSA) is 0 Å². The number of rotatable bonds is 3. The molecule has 0 aliphatic carbocycles. The second-order valence-corrected chi connectivity index (χ2v) is 9.18. The standard InChI is InChI=1S/C13H14.C12H12.C6H8S.2C2H6/c1-10(2)12-9-5-7-11-6-3-4-8-13(11)12;1-2-10-7-5-8-11-6-3-4-9-12(10)11;1-2-6-4-3-5-7-6;2*1-2/h3-10H,1-2H3;3-9H,2H2,1H3;3-5H,2H2,1H3;2*1-2H3. The predicted molar refractivity (Wildman–Crippen MR) is 168 cm³/mol. The lowest BCUT2D eigenvalue weighted by molar-refractivity contribution is 0.876. The van der Waals surface area contributed by atoms with Gasteiger partial charge >= 0.3 is 0 Å². The van der Waals surface area contributed by atoms with E-state index in [0.29, 0.717) is 5.92 Å². The van der Waals surface area contributed by atoms with E-state index >= 15 is 0 Å². The summed E-state index contributed by atoms with van der Waals surface area (Å²) >= 11 is 1.82. The Kier molecular flexibility index (Phi) is 15.9. The Balaban J connectivity index is 0.000000261. The molecule has 1 heteroatoms. The molecule has 4 aromatic carbocycles. The van der Waals surface area contributed by atoms with E-state index < -0.39 is 0 Å². The summed E-state index contributed by atoms with van der Waals surface area (Å²) < 4.78 is 0. The zero-order valence-electron chi connectivity index (χ0n) is 23.7. The van der Waals surface area contributed by atoms with Gasteiger partial charge in [0.1, 0.15) is 0 Å². The van der Waals surface area contributed by atoms with Crippen LogP contribution in [0.2, 0.25) is 0 Å². The molecule has 1 aromatic heterocycles. The van der Waals surface area contributed by atoms with Crippen LogP contribution in [0.3, 0.4) is 0 Å². The fourth-order valence-electron chi connectivity index (χ4n) is 3.87. The minimum atomic E-state index is 0.603. The molecule has 0 saturated heterocycles. The highest BCUT2D eigenvalue weighted by Gasteiger charge is 2.02. The minimum absolute atomic E-state index is 0.603.